The first-order valence-corrected chi connectivity index (χ1v) is 10.4. The van der Waals surface area contributed by atoms with Gasteiger partial charge >= 0.3 is 0 Å². The van der Waals surface area contributed by atoms with Gasteiger partial charge in [0.15, 0.2) is 0 Å². The molecule has 1 N–H and O–H groups in total. The first-order chi connectivity index (χ1) is 14.6. The molecule has 0 atom stereocenters. The molecule has 0 bridgehead atoms. The van der Waals surface area contributed by atoms with E-state index in [9.17, 15) is 0 Å². The van der Waals surface area contributed by atoms with Crippen LogP contribution >= 0.6 is 0 Å². The van der Waals surface area contributed by atoms with Crippen molar-refractivity contribution >= 4 is 17.0 Å². The van der Waals surface area contributed by atoms with Crippen molar-refractivity contribution in [3.05, 3.63) is 66.0 Å². The number of aromatic nitrogens is 6. The molecule has 0 spiro atoms. The second kappa shape index (κ2) is 6.26. The van der Waals surface area contributed by atoms with Crippen LogP contribution < -0.4 is 5.32 Å². The van der Waals surface area contributed by atoms with Gasteiger partial charge in [-0.25, -0.2) is 14.5 Å². The second-order valence-electron chi connectivity index (χ2n) is 8.75. The molecule has 0 aliphatic heterocycles. The van der Waals surface area contributed by atoms with Crippen LogP contribution in [0.4, 0.5) is 5.95 Å². The van der Waals surface area contributed by atoms with E-state index < -0.39 is 0 Å². The van der Waals surface area contributed by atoms with E-state index in [-0.39, 0.29) is 0 Å². The molecule has 4 heterocycles. The number of allylic oxidation sites excluding steroid dienone is 1. The lowest BCUT2D eigenvalue weighted by Crippen LogP contribution is -2.14. The van der Waals surface area contributed by atoms with Crippen LogP contribution in [-0.4, -0.2) is 35.9 Å². The molecule has 4 aromatic rings. The summed E-state index contributed by atoms with van der Waals surface area (Å²) in [4.78, 5) is 9.36. The summed E-state index contributed by atoms with van der Waals surface area (Å²) in [7, 11) is 1.93. The van der Waals surface area contributed by atoms with E-state index in [1.165, 1.54) is 18.4 Å². The number of hydrogen-bond donors (Lipinski definition) is 1. The number of nitrogens with one attached hydrogen (secondary N) is 1. The van der Waals surface area contributed by atoms with Crippen molar-refractivity contribution in [3.63, 3.8) is 0 Å². The zero-order chi connectivity index (χ0) is 20.3. The Morgan fingerprint density at radius 1 is 1.10 bits per heavy atom. The lowest BCUT2D eigenvalue weighted by Gasteiger charge is -2.11. The van der Waals surface area contributed by atoms with Crippen molar-refractivity contribution < 1.29 is 0 Å². The smallest absolute Gasteiger partial charge is 0.222 e. The minimum absolute atomic E-state index is 0.429. The third-order valence-electron chi connectivity index (χ3n) is 6.28. The lowest BCUT2D eigenvalue weighted by molar-refractivity contribution is 0.607. The summed E-state index contributed by atoms with van der Waals surface area (Å²) in [5.41, 5.74) is 8.18. The van der Waals surface area contributed by atoms with Gasteiger partial charge in [0.05, 0.1) is 23.6 Å². The fourth-order valence-corrected chi connectivity index (χ4v) is 4.08. The van der Waals surface area contributed by atoms with Crippen LogP contribution in [0.1, 0.15) is 36.6 Å². The van der Waals surface area contributed by atoms with Gasteiger partial charge in [-0.3, -0.25) is 4.68 Å². The number of aryl methyl sites for hydroxylation is 1. The van der Waals surface area contributed by atoms with Crippen molar-refractivity contribution in [3.8, 4) is 11.1 Å². The predicted molar refractivity (Wildman–Crippen MR) is 116 cm³/mol. The van der Waals surface area contributed by atoms with Crippen LogP contribution in [0.15, 0.2) is 49.2 Å². The van der Waals surface area contributed by atoms with Crippen LogP contribution in [0.25, 0.3) is 22.2 Å². The van der Waals surface area contributed by atoms with Crippen molar-refractivity contribution in [1.82, 2.24) is 29.4 Å². The monoisotopic (exact) mass is 397 g/mol. The molecule has 0 radical (unpaired) electrons. The third-order valence-corrected chi connectivity index (χ3v) is 6.28. The summed E-state index contributed by atoms with van der Waals surface area (Å²) >= 11 is 0. The minimum atomic E-state index is 0.429. The maximum Gasteiger partial charge on any atom is 0.222 e. The summed E-state index contributed by atoms with van der Waals surface area (Å²) in [5.74, 6) is 0.738. The second-order valence-corrected chi connectivity index (χ2v) is 8.75. The molecule has 7 heteroatoms. The number of fused-ring (bicyclic) bond motifs is 2. The zero-order valence-electron chi connectivity index (χ0n) is 17.1. The number of hydrogen-bond acceptors (Lipinski definition) is 5. The van der Waals surface area contributed by atoms with Crippen LogP contribution in [0, 0.1) is 5.41 Å². The molecule has 2 aliphatic rings. The molecule has 4 aromatic heterocycles. The molecule has 1 saturated carbocycles. The largest absolute Gasteiger partial charge is 0.354 e. The van der Waals surface area contributed by atoms with E-state index in [1.54, 1.807) is 0 Å². The summed E-state index contributed by atoms with van der Waals surface area (Å²) in [6.07, 6.45) is 15.4. The molecular weight excluding hydrogens is 374 g/mol. The third kappa shape index (κ3) is 2.89. The molecule has 0 amide bonds. The number of anilines is 1. The Morgan fingerprint density at radius 2 is 2.00 bits per heavy atom. The fourth-order valence-electron chi connectivity index (χ4n) is 4.08. The molecule has 0 aromatic carbocycles. The Kier molecular flexibility index (Phi) is 3.63. The maximum absolute atomic E-state index is 4.78. The minimum Gasteiger partial charge on any atom is -0.354 e. The molecule has 30 heavy (non-hydrogen) atoms. The average Bonchev–Trinajstić information content (AvgIpc) is 3.12. The Hall–Kier alpha value is -3.48. The van der Waals surface area contributed by atoms with Crippen molar-refractivity contribution in [2.45, 2.75) is 26.2 Å². The van der Waals surface area contributed by atoms with Crippen LogP contribution in [0.5, 0.6) is 0 Å². The van der Waals surface area contributed by atoms with Gasteiger partial charge in [0, 0.05) is 55.3 Å². The normalized spacial score (nSPS) is 16.5. The highest BCUT2D eigenvalue weighted by atomic mass is 15.2. The van der Waals surface area contributed by atoms with E-state index >= 15 is 0 Å². The first kappa shape index (κ1) is 17.4. The first-order valence-electron chi connectivity index (χ1n) is 10.4. The van der Waals surface area contributed by atoms with Crippen LogP contribution in [0.2, 0.25) is 0 Å². The SMILES string of the molecule is Cn1cc(-c2cnn3ccc(C4=CCc5nc(NCC6(C)CC6)ncc54)cc23)cn1. The molecule has 0 unspecified atom stereocenters. The molecular formula is C23H23N7. The predicted octanol–water partition coefficient (Wildman–Crippen LogP) is 3.72. The highest BCUT2D eigenvalue weighted by Gasteiger charge is 2.37. The lowest BCUT2D eigenvalue weighted by atomic mass is 10.0. The topological polar surface area (TPSA) is 72.9 Å². The van der Waals surface area contributed by atoms with Gasteiger partial charge in [0.1, 0.15) is 0 Å². The Morgan fingerprint density at radius 3 is 2.80 bits per heavy atom. The van der Waals surface area contributed by atoms with Gasteiger partial charge in [-0.2, -0.15) is 10.2 Å². The molecule has 1 fully saturated rings. The van der Waals surface area contributed by atoms with Crippen LogP contribution in [-0.2, 0) is 13.5 Å². The average molecular weight is 397 g/mol. The Labute approximate surface area is 174 Å². The zero-order valence-corrected chi connectivity index (χ0v) is 17.1. The summed E-state index contributed by atoms with van der Waals surface area (Å²) in [5, 5.41) is 12.2. The van der Waals surface area contributed by atoms with Crippen LogP contribution in [0.3, 0.4) is 0 Å². The quantitative estimate of drug-likeness (QED) is 0.556. The molecule has 6 rings (SSSR count). The fraction of sp³-hybridized carbons (Fsp3) is 0.304. The standard InChI is InChI=1S/C23H23N7/c1-23(6-7-23)14-25-22-24-11-19-17(3-4-20(19)28-22)15-5-8-30-21(9-15)18(12-27-30)16-10-26-29(2)13-16/h3,5,8-13H,4,6-7,14H2,1-2H3,(H,24,25,28). The van der Waals surface area contributed by atoms with E-state index in [0.29, 0.717) is 5.41 Å². The Bertz CT molecular complexity index is 1310. The van der Waals surface area contributed by atoms with Crippen molar-refractivity contribution in [2.24, 2.45) is 12.5 Å². The van der Waals surface area contributed by atoms with Gasteiger partial charge in [0.25, 0.3) is 0 Å². The molecule has 150 valence electrons. The summed E-state index contributed by atoms with van der Waals surface area (Å²) < 4.78 is 3.72. The molecule has 0 saturated heterocycles. The molecule has 2 aliphatic carbocycles. The highest BCUT2D eigenvalue weighted by molar-refractivity contribution is 5.88. The van der Waals surface area contributed by atoms with Crippen molar-refractivity contribution in [1.29, 1.82) is 0 Å². The number of nitrogens with zero attached hydrogens (tertiary/aromatic N) is 6. The van der Waals surface area contributed by atoms with E-state index in [0.717, 1.165) is 52.4 Å². The van der Waals surface area contributed by atoms with E-state index in [1.807, 2.05) is 47.2 Å². The van der Waals surface area contributed by atoms with Crippen molar-refractivity contribution in [2.75, 3.05) is 11.9 Å². The summed E-state index contributed by atoms with van der Waals surface area (Å²) in [6, 6.07) is 4.30. The number of pyridine rings is 1. The van der Waals surface area contributed by atoms with Gasteiger partial charge in [-0.05, 0) is 41.5 Å². The van der Waals surface area contributed by atoms with Gasteiger partial charge < -0.3 is 5.32 Å². The van der Waals surface area contributed by atoms with Gasteiger partial charge in [-0.1, -0.05) is 13.0 Å². The summed E-state index contributed by atoms with van der Waals surface area (Å²) in [6.45, 7) is 3.25. The maximum atomic E-state index is 4.78. The number of rotatable bonds is 5. The molecule has 7 nitrogen and oxygen atoms in total. The highest BCUT2D eigenvalue weighted by Crippen LogP contribution is 2.44. The van der Waals surface area contributed by atoms with Gasteiger partial charge in [0.2, 0.25) is 5.95 Å². The van der Waals surface area contributed by atoms with E-state index in [2.05, 4.69) is 45.6 Å². The van der Waals surface area contributed by atoms with E-state index in [4.69, 9.17) is 4.98 Å². The Balaban J connectivity index is 1.32. The van der Waals surface area contributed by atoms with Gasteiger partial charge in [-0.15, -0.1) is 0 Å².